The van der Waals surface area contributed by atoms with Gasteiger partial charge >= 0.3 is 6.03 Å². The van der Waals surface area contributed by atoms with Gasteiger partial charge < -0.3 is 5.11 Å². The summed E-state index contributed by atoms with van der Waals surface area (Å²) in [6.07, 6.45) is 4.34. The Bertz CT molecular complexity index is 1060. The number of aliphatic hydroxyl groups is 1. The van der Waals surface area contributed by atoms with Gasteiger partial charge in [0.25, 0.3) is 0 Å². The molecule has 2 aromatic carbocycles. The molecule has 182 valence electrons. The lowest BCUT2D eigenvalue weighted by Gasteiger charge is -2.47. The molecule has 0 aromatic heterocycles. The van der Waals surface area contributed by atoms with Crippen LogP contribution in [0.3, 0.4) is 0 Å². The van der Waals surface area contributed by atoms with E-state index in [1.54, 1.807) is 65.6 Å². The number of allylic oxidation sites excluding steroid dienone is 2. The topological polar surface area (TPSA) is 43.8 Å². The van der Waals surface area contributed by atoms with Gasteiger partial charge in [0.2, 0.25) is 0 Å². The number of hydrogen-bond acceptors (Lipinski definition) is 2. The van der Waals surface area contributed by atoms with Gasteiger partial charge in [0, 0.05) is 27.0 Å². The number of hydrogen-bond donors (Lipinski definition) is 1. The molecule has 0 aliphatic carbocycles. The van der Waals surface area contributed by atoms with Crippen LogP contribution in [-0.2, 0) is 0 Å². The largest absolute Gasteiger partial charge is 0.364 e. The highest BCUT2D eigenvalue weighted by atomic mass is 35.5. The lowest BCUT2D eigenvalue weighted by atomic mass is 9.75. The van der Waals surface area contributed by atoms with E-state index in [0.29, 0.717) is 39.8 Å². The van der Waals surface area contributed by atoms with Crippen molar-refractivity contribution in [2.24, 2.45) is 0 Å². The molecule has 1 unspecified atom stereocenters. The highest BCUT2D eigenvalue weighted by Gasteiger charge is 2.67. The van der Waals surface area contributed by atoms with Crippen LogP contribution in [0.15, 0.2) is 85.0 Å². The first kappa shape index (κ1) is 27.7. The normalized spacial score (nSPS) is 19.5. The smallest absolute Gasteiger partial charge is 0.332 e. The van der Waals surface area contributed by atoms with Crippen molar-refractivity contribution < 1.29 is 9.90 Å². The highest BCUT2D eigenvalue weighted by molar-refractivity contribution is 6.31. The van der Waals surface area contributed by atoms with Gasteiger partial charge in [-0.05, 0) is 68.3 Å². The lowest BCUT2D eigenvalue weighted by molar-refractivity contribution is 0.0207. The van der Waals surface area contributed by atoms with E-state index < -0.39 is 11.3 Å². The summed E-state index contributed by atoms with van der Waals surface area (Å²) in [5, 5.41) is 13.7. The predicted molar refractivity (Wildman–Crippen MR) is 146 cm³/mol. The average Bonchev–Trinajstić information content (AvgIpc) is 3.03. The molecule has 2 amide bonds. The van der Waals surface area contributed by atoms with E-state index >= 15 is 0 Å². The monoisotopic (exact) mass is 500 g/mol. The molecule has 1 aliphatic heterocycles. The molecular formula is C28H34Cl2N2O2. The van der Waals surface area contributed by atoms with E-state index in [2.05, 4.69) is 13.2 Å². The standard InChI is InChI=1S/C26H28Cl2N2O2.C2H6/c1-6-19(17-18(4)5)26(32)25(7-2,8-3)29(22-13-9-20(27)10-14-22)24(31)30(26)23-15-11-21(28)12-16-23;1-2/h6,9-17,32H,1,4,7-8H2,2-3,5H3;1-2H3/b19-17+;. The Kier molecular flexibility index (Phi) is 9.18. The molecule has 0 spiro atoms. The van der Waals surface area contributed by atoms with Crippen LogP contribution in [0.1, 0.15) is 47.5 Å². The summed E-state index contributed by atoms with van der Waals surface area (Å²) in [6, 6.07) is 13.6. The molecule has 1 heterocycles. The summed E-state index contributed by atoms with van der Waals surface area (Å²) < 4.78 is 0. The molecule has 3 rings (SSSR count). The zero-order valence-corrected chi connectivity index (χ0v) is 22.1. The first-order valence-electron chi connectivity index (χ1n) is 11.5. The van der Waals surface area contributed by atoms with Crippen LogP contribution >= 0.6 is 23.2 Å². The van der Waals surface area contributed by atoms with Crippen LogP contribution in [0.2, 0.25) is 10.0 Å². The van der Waals surface area contributed by atoms with Gasteiger partial charge in [0.1, 0.15) is 5.54 Å². The maximum absolute atomic E-state index is 14.1. The molecule has 1 N–H and O–H groups in total. The number of halogens is 2. The average molecular weight is 501 g/mol. The van der Waals surface area contributed by atoms with Crippen LogP contribution in [-0.4, -0.2) is 22.4 Å². The number of benzene rings is 2. The van der Waals surface area contributed by atoms with E-state index in [0.717, 1.165) is 5.57 Å². The van der Waals surface area contributed by atoms with Gasteiger partial charge in [-0.25, -0.2) is 4.79 Å². The van der Waals surface area contributed by atoms with E-state index in [4.69, 9.17) is 23.2 Å². The summed E-state index contributed by atoms with van der Waals surface area (Å²) in [7, 11) is 0. The molecule has 0 radical (unpaired) electrons. The Morgan fingerprint density at radius 2 is 1.35 bits per heavy atom. The fourth-order valence-electron chi connectivity index (χ4n) is 4.65. The number of carbonyl (C=O) groups excluding carboxylic acids is 1. The minimum Gasteiger partial charge on any atom is -0.364 e. The molecular weight excluding hydrogens is 467 g/mol. The minimum atomic E-state index is -1.72. The molecule has 1 aliphatic rings. The second-order valence-corrected chi connectivity index (χ2v) is 8.84. The number of nitrogens with zero attached hydrogens (tertiary/aromatic N) is 2. The fourth-order valence-corrected chi connectivity index (χ4v) is 4.90. The number of rotatable bonds is 7. The van der Waals surface area contributed by atoms with E-state index in [1.807, 2.05) is 34.6 Å². The second kappa shape index (κ2) is 11.3. The molecule has 6 heteroatoms. The Hall–Kier alpha value is -2.53. The first-order valence-corrected chi connectivity index (χ1v) is 12.3. The third-order valence-corrected chi connectivity index (χ3v) is 6.65. The molecule has 2 aromatic rings. The zero-order chi connectivity index (χ0) is 25.7. The van der Waals surface area contributed by atoms with Crippen LogP contribution in [0.25, 0.3) is 0 Å². The van der Waals surface area contributed by atoms with Crippen molar-refractivity contribution in [3.63, 3.8) is 0 Å². The number of anilines is 2. The quantitative estimate of drug-likeness (QED) is 0.387. The van der Waals surface area contributed by atoms with Crippen LogP contribution in [0.5, 0.6) is 0 Å². The third-order valence-electron chi connectivity index (χ3n) is 6.15. The second-order valence-electron chi connectivity index (χ2n) is 7.97. The third kappa shape index (κ3) is 4.55. The van der Waals surface area contributed by atoms with Gasteiger partial charge in [0.15, 0.2) is 5.72 Å². The maximum atomic E-state index is 14.1. The van der Waals surface area contributed by atoms with Crippen molar-refractivity contribution in [1.29, 1.82) is 0 Å². The summed E-state index contributed by atoms with van der Waals surface area (Å²) in [5.41, 5.74) is -0.304. The molecule has 4 nitrogen and oxygen atoms in total. The fraction of sp³-hybridized carbons (Fsp3) is 0.321. The lowest BCUT2D eigenvalue weighted by Crippen LogP contribution is -2.62. The Labute approximate surface area is 213 Å². The predicted octanol–water partition coefficient (Wildman–Crippen LogP) is 8.40. The van der Waals surface area contributed by atoms with Gasteiger partial charge in [-0.2, -0.15) is 0 Å². The minimum absolute atomic E-state index is 0.352. The van der Waals surface area contributed by atoms with E-state index in [1.165, 1.54) is 4.90 Å². The molecule has 0 bridgehead atoms. The highest BCUT2D eigenvalue weighted by Crippen LogP contribution is 2.52. The van der Waals surface area contributed by atoms with Crippen LogP contribution in [0.4, 0.5) is 16.2 Å². The molecule has 0 saturated carbocycles. The Balaban J connectivity index is 0.00000199. The van der Waals surface area contributed by atoms with Crippen molar-refractivity contribution in [3.05, 3.63) is 95.0 Å². The van der Waals surface area contributed by atoms with Crippen LogP contribution in [0, 0.1) is 0 Å². The van der Waals surface area contributed by atoms with Gasteiger partial charge in [-0.15, -0.1) is 0 Å². The number of carbonyl (C=O) groups is 1. The number of amides is 2. The summed E-state index contributed by atoms with van der Waals surface area (Å²) in [6.45, 7) is 17.7. The molecule has 34 heavy (non-hydrogen) atoms. The molecule has 1 atom stereocenters. The Morgan fingerprint density at radius 1 is 0.941 bits per heavy atom. The molecule has 1 saturated heterocycles. The van der Waals surface area contributed by atoms with Crippen molar-refractivity contribution in [3.8, 4) is 0 Å². The van der Waals surface area contributed by atoms with E-state index in [-0.39, 0.29) is 6.03 Å². The molecule has 1 fully saturated rings. The summed E-state index contributed by atoms with van der Waals surface area (Å²) >= 11 is 12.2. The van der Waals surface area contributed by atoms with Gasteiger partial charge in [-0.1, -0.05) is 81.8 Å². The van der Waals surface area contributed by atoms with Crippen molar-refractivity contribution in [1.82, 2.24) is 0 Å². The van der Waals surface area contributed by atoms with E-state index in [9.17, 15) is 9.90 Å². The summed E-state index contributed by atoms with van der Waals surface area (Å²) in [5.74, 6) is 0. The van der Waals surface area contributed by atoms with Crippen LogP contribution < -0.4 is 9.80 Å². The van der Waals surface area contributed by atoms with Crippen molar-refractivity contribution >= 4 is 40.6 Å². The van der Waals surface area contributed by atoms with Gasteiger partial charge in [-0.3, -0.25) is 9.80 Å². The first-order chi connectivity index (χ1) is 16.2. The van der Waals surface area contributed by atoms with Gasteiger partial charge in [0.05, 0.1) is 0 Å². The summed E-state index contributed by atoms with van der Waals surface area (Å²) in [4.78, 5) is 17.2. The maximum Gasteiger partial charge on any atom is 0.332 e. The zero-order valence-electron chi connectivity index (χ0n) is 20.6. The Morgan fingerprint density at radius 3 is 1.71 bits per heavy atom. The van der Waals surface area contributed by atoms with Crippen molar-refractivity contribution in [2.75, 3.05) is 9.80 Å². The number of urea groups is 1. The SMILES string of the molecule is C=C/C(=C\C(=C)C)C1(O)N(c2ccc(Cl)cc2)C(=O)N(c2ccc(Cl)cc2)C1(CC)CC.CC. The van der Waals surface area contributed by atoms with Crippen molar-refractivity contribution in [2.45, 2.75) is 58.7 Å².